The first-order valence-corrected chi connectivity index (χ1v) is 8.56. The van der Waals surface area contributed by atoms with Crippen LogP contribution in [0.1, 0.15) is 12.0 Å². The van der Waals surface area contributed by atoms with Gasteiger partial charge in [-0.2, -0.15) is 0 Å². The second-order valence-electron chi connectivity index (χ2n) is 5.73. The SMILES string of the molecule is COC(=O)CCc1cccc2cc(-c3c(F)cc(Cl)cc3Cl)c(N)nc12. The molecule has 3 aromatic rings. The summed E-state index contributed by atoms with van der Waals surface area (Å²) in [5.74, 6) is -0.732. The molecule has 3 rings (SSSR count). The Morgan fingerprint density at radius 2 is 2.04 bits per heavy atom. The van der Waals surface area contributed by atoms with Crippen LogP contribution in [0.5, 0.6) is 0 Å². The van der Waals surface area contributed by atoms with Gasteiger partial charge in [-0.05, 0) is 30.2 Å². The largest absolute Gasteiger partial charge is 0.469 e. The molecule has 0 unspecified atom stereocenters. The number of anilines is 1. The van der Waals surface area contributed by atoms with Crippen molar-refractivity contribution in [2.75, 3.05) is 12.8 Å². The number of fused-ring (bicyclic) bond motifs is 1. The minimum absolute atomic E-state index is 0.145. The number of carbonyl (C=O) groups is 1. The van der Waals surface area contributed by atoms with Crippen LogP contribution in [0.4, 0.5) is 10.2 Å². The third-order valence-corrected chi connectivity index (χ3v) is 4.58. The van der Waals surface area contributed by atoms with E-state index >= 15 is 0 Å². The molecule has 1 heterocycles. The van der Waals surface area contributed by atoms with Crippen molar-refractivity contribution in [2.45, 2.75) is 12.8 Å². The molecule has 7 heteroatoms. The highest BCUT2D eigenvalue weighted by atomic mass is 35.5. The molecule has 0 atom stereocenters. The van der Waals surface area contributed by atoms with E-state index in [1.807, 2.05) is 18.2 Å². The van der Waals surface area contributed by atoms with Gasteiger partial charge < -0.3 is 10.5 Å². The van der Waals surface area contributed by atoms with Crippen molar-refractivity contribution in [1.29, 1.82) is 0 Å². The fourth-order valence-corrected chi connectivity index (χ4v) is 3.38. The number of aromatic nitrogens is 1. The highest BCUT2D eigenvalue weighted by Crippen LogP contribution is 2.37. The standard InChI is InChI=1S/C19H15Cl2FN2O2/c1-26-16(25)6-5-10-3-2-4-11-7-13(19(23)24-18(10)11)17-14(21)8-12(20)9-15(17)22/h2-4,7-9H,5-6H2,1H3,(H2,23,24). The van der Waals surface area contributed by atoms with E-state index in [1.165, 1.54) is 19.2 Å². The zero-order chi connectivity index (χ0) is 18.8. The third-order valence-electron chi connectivity index (χ3n) is 4.06. The van der Waals surface area contributed by atoms with Crippen molar-refractivity contribution in [2.24, 2.45) is 0 Å². The fraction of sp³-hybridized carbons (Fsp3) is 0.158. The summed E-state index contributed by atoms with van der Waals surface area (Å²) in [5.41, 5.74) is 8.14. The van der Waals surface area contributed by atoms with Gasteiger partial charge in [-0.15, -0.1) is 0 Å². The van der Waals surface area contributed by atoms with Crippen molar-refractivity contribution in [1.82, 2.24) is 4.98 Å². The second-order valence-corrected chi connectivity index (χ2v) is 6.57. The summed E-state index contributed by atoms with van der Waals surface area (Å²) in [7, 11) is 1.35. The fourth-order valence-electron chi connectivity index (χ4n) is 2.81. The number of nitrogen functional groups attached to an aromatic ring is 1. The van der Waals surface area contributed by atoms with E-state index in [9.17, 15) is 9.18 Å². The first kappa shape index (κ1) is 18.4. The molecular weight excluding hydrogens is 378 g/mol. The zero-order valence-electron chi connectivity index (χ0n) is 13.9. The monoisotopic (exact) mass is 392 g/mol. The maximum absolute atomic E-state index is 14.4. The second kappa shape index (κ2) is 7.48. The number of para-hydroxylation sites is 1. The number of methoxy groups -OCH3 is 1. The number of nitrogens with zero attached hydrogens (tertiary/aromatic N) is 1. The molecular formula is C19H15Cl2FN2O2. The third kappa shape index (κ3) is 3.59. The van der Waals surface area contributed by atoms with Crippen LogP contribution in [0.2, 0.25) is 10.0 Å². The van der Waals surface area contributed by atoms with Crippen molar-refractivity contribution < 1.29 is 13.9 Å². The predicted molar refractivity (Wildman–Crippen MR) is 102 cm³/mol. The Kier molecular flexibility index (Phi) is 5.30. The molecule has 0 fully saturated rings. The number of hydrogen-bond acceptors (Lipinski definition) is 4. The highest BCUT2D eigenvalue weighted by molar-refractivity contribution is 6.36. The van der Waals surface area contributed by atoms with Crippen molar-refractivity contribution in [3.63, 3.8) is 0 Å². The Morgan fingerprint density at radius 1 is 1.27 bits per heavy atom. The molecule has 0 aliphatic rings. The average molecular weight is 393 g/mol. The molecule has 0 saturated carbocycles. The van der Waals surface area contributed by atoms with Gasteiger partial charge in [0, 0.05) is 28.0 Å². The number of halogens is 3. The molecule has 0 radical (unpaired) electrons. The van der Waals surface area contributed by atoms with Crippen molar-refractivity contribution in [3.05, 3.63) is 57.8 Å². The zero-order valence-corrected chi connectivity index (χ0v) is 15.4. The van der Waals surface area contributed by atoms with Crippen LogP contribution < -0.4 is 5.73 Å². The van der Waals surface area contributed by atoms with Crippen LogP contribution in [0.15, 0.2) is 36.4 Å². The number of benzene rings is 2. The van der Waals surface area contributed by atoms with Gasteiger partial charge in [0.1, 0.15) is 11.6 Å². The number of rotatable bonds is 4. The number of carbonyl (C=O) groups excluding carboxylic acids is 1. The molecule has 0 amide bonds. The summed E-state index contributed by atoms with van der Waals surface area (Å²) in [6.45, 7) is 0. The summed E-state index contributed by atoms with van der Waals surface area (Å²) in [6.07, 6.45) is 0.697. The van der Waals surface area contributed by atoms with Gasteiger partial charge in [0.15, 0.2) is 0 Å². The quantitative estimate of drug-likeness (QED) is 0.631. The number of esters is 1. The number of hydrogen-bond donors (Lipinski definition) is 1. The average Bonchev–Trinajstić information content (AvgIpc) is 2.59. The van der Waals surface area contributed by atoms with E-state index in [0.717, 1.165) is 10.9 Å². The van der Waals surface area contributed by atoms with Crippen molar-refractivity contribution in [3.8, 4) is 11.1 Å². The molecule has 1 aromatic heterocycles. The molecule has 2 aromatic carbocycles. The van der Waals surface area contributed by atoms with Gasteiger partial charge in [0.25, 0.3) is 0 Å². The Bertz CT molecular complexity index is 985. The molecule has 0 aliphatic carbocycles. The van der Waals surface area contributed by atoms with Gasteiger partial charge in [0.2, 0.25) is 0 Å². The summed E-state index contributed by atoms with van der Waals surface area (Å²) in [6, 6.07) is 9.92. The highest BCUT2D eigenvalue weighted by Gasteiger charge is 2.17. The molecule has 4 nitrogen and oxygen atoms in total. The van der Waals surface area contributed by atoms with Crippen molar-refractivity contribution >= 4 is 45.9 Å². The Hall–Kier alpha value is -2.37. The van der Waals surface area contributed by atoms with Gasteiger partial charge in [-0.1, -0.05) is 41.4 Å². The normalized spacial score (nSPS) is 10.9. The molecule has 0 bridgehead atoms. The van der Waals surface area contributed by atoms with Crippen LogP contribution in [0, 0.1) is 5.82 Å². The van der Waals surface area contributed by atoms with Gasteiger partial charge in [0.05, 0.1) is 17.6 Å². The first-order valence-electron chi connectivity index (χ1n) is 7.80. The van der Waals surface area contributed by atoms with E-state index in [0.29, 0.717) is 17.5 Å². The maximum Gasteiger partial charge on any atom is 0.305 e. The minimum atomic E-state index is -0.572. The number of aryl methyl sites for hydroxylation is 1. The van der Waals surface area contributed by atoms with Crippen LogP contribution in [-0.4, -0.2) is 18.1 Å². The molecule has 134 valence electrons. The molecule has 0 spiro atoms. The Balaban J connectivity index is 2.11. The van der Waals surface area contributed by atoms with Gasteiger partial charge >= 0.3 is 5.97 Å². The van der Waals surface area contributed by atoms with Crippen LogP contribution in [0.3, 0.4) is 0 Å². The summed E-state index contributed by atoms with van der Waals surface area (Å²) >= 11 is 12.0. The Morgan fingerprint density at radius 3 is 2.73 bits per heavy atom. The summed E-state index contributed by atoms with van der Waals surface area (Å²) in [5, 5.41) is 1.13. The van der Waals surface area contributed by atoms with E-state index in [4.69, 9.17) is 28.9 Å². The lowest BCUT2D eigenvalue weighted by atomic mass is 10.00. The lowest BCUT2D eigenvalue weighted by Crippen LogP contribution is -2.03. The summed E-state index contributed by atoms with van der Waals surface area (Å²) in [4.78, 5) is 15.8. The van der Waals surface area contributed by atoms with E-state index < -0.39 is 5.82 Å². The first-order chi connectivity index (χ1) is 12.4. The number of ether oxygens (including phenoxy) is 1. The smallest absolute Gasteiger partial charge is 0.305 e. The number of pyridine rings is 1. The topological polar surface area (TPSA) is 65.2 Å². The van der Waals surface area contributed by atoms with Gasteiger partial charge in [-0.25, -0.2) is 9.37 Å². The Labute approximate surface area is 159 Å². The minimum Gasteiger partial charge on any atom is -0.469 e. The van der Waals surface area contributed by atoms with Crippen LogP contribution >= 0.6 is 23.2 Å². The lowest BCUT2D eigenvalue weighted by molar-refractivity contribution is -0.140. The molecule has 0 aliphatic heterocycles. The molecule has 26 heavy (non-hydrogen) atoms. The van der Waals surface area contributed by atoms with Crippen LogP contribution in [-0.2, 0) is 16.0 Å². The van der Waals surface area contributed by atoms with E-state index in [2.05, 4.69) is 9.72 Å². The molecule has 2 N–H and O–H groups in total. The van der Waals surface area contributed by atoms with Crippen LogP contribution in [0.25, 0.3) is 22.0 Å². The number of nitrogens with two attached hydrogens (primary N) is 1. The van der Waals surface area contributed by atoms with E-state index in [-0.39, 0.29) is 33.8 Å². The maximum atomic E-state index is 14.4. The summed E-state index contributed by atoms with van der Waals surface area (Å²) < 4.78 is 19.1. The van der Waals surface area contributed by atoms with E-state index in [1.54, 1.807) is 6.07 Å². The lowest BCUT2D eigenvalue weighted by Gasteiger charge is -2.12. The predicted octanol–water partition coefficient (Wildman–Crippen LogP) is 5.04. The molecule has 0 saturated heterocycles. The van der Waals surface area contributed by atoms with Gasteiger partial charge in [-0.3, -0.25) is 4.79 Å².